The van der Waals surface area contributed by atoms with E-state index >= 15 is 0 Å². The molecule has 0 aliphatic heterocycles. The van der Waals surface area contributed by atoms with Crippen LogP contribution in [0.1, 0.15) is 49.8 Å². The first kappa shape index (κ1) is 19.9. The molecule has 2 rings (SSSR count). The van der Waals surface area contributed by atoms with Crippen molar-refractivity contribution in [1.82, 2.24) is 10.6 Å². The number of aryl methyl sites for hydroxylation is 1. The van der Waals surface area contributed by atoms with E-state index in [1.165, 1.54) is 0 Å². The third-order valence-electron chi connectivity index (χ3n) is 5.00. The molecule has 1 aliphatic carbocycles. The summed E-state index contributed by atoms with van der Waals surface area (Å²) < 4.78 is 10.6. The lowest BCUT2D eigenvalue weighted by atomic mass is 9.86. The molecular formula is C19H28N2O5. The number of ether oxygens (including phenoxy) is 2. The van der Waals surface area contributed by atoms with Crippen LogP contribution in [-0.2, 0) is 4.79 Å². The molecule has 0 bridgehead atoms. The molecule has 1 saturated carbocycles. The van der Waals surface area contributed by atoms with Crippen LogP contribution >= 0.6 is 0 Å². The van der Waals surface area contributed by atoms with Crippen LogP contribution in [0.15, 0.2) is 12.1 Å². The van der Waals surface area contributed by atoms with Crippen LogP contribution in [0.2, 0.25) is 0 Å². The molecule has 26 heavy (non-hydrogen) atoms. The summed E-state index contributed by atoms with van der Waals surface area (Å²) >= 11 is 0. The molecule has 1 aromatic rings. The fourth-order valence-corrected chi connectivity index (χ4v) is 3.45. The lowest BCUT2D eigenvalue weighted by Crippen LogP contribution is -2.44. The van der Waals surface area contributed by atoms with Crippen molar-refractivity contribution in [1.29, 1.82) is 0 Å². The Balaban J connectivity index is 1.94. The number of carbonyl (C=O) groups excluding carboxylic acids is 1. The van der Waals surface area contributed by atoms with Gasteiger partial charge in [0, 0.05) is 6.04 Å². The van der Waals surface area contributed by atoms with Gasteiger partial charge < -0.3 is 25.2 Å². The maximum absolute atomic E-state index is 12.3. The Morgan fingerprint density at radius 2 is 1.69 bits per heavy atom. The minimum Gasteiger partial charge on any atom is -0.493 e. The molecule has 1 atom stereocenters. The summed E-state index contributed by atoms with van der Waals surface area (Å²) in [6.45, 7) is 3.87. The second-order valence-electron chi connectivity index (χ2n) is 6.79. The number of rotatable bonds is 6. The fourth-order valence-electron chi connectivity index (χ4n) is 3.45. The van der Waals surface area contributed by atoms with Crippen LogP contribution in [0.5, 0.6) is 11.5 Å². The molecule has 1 aliphatic rings. The maximum atomic E-state index is 12.3. The van der Waals surface area contributed by atoms with E-state index in [4.69, 9.17) is 14.6 Å². The molecule has 7 heteroatoms. The zero-order valence-corrected chi connectivity index (χ0v) is 15.8. The molecule has 0 spiro atoms. The van der Waals surface area contributed by atoms with Crippen LogP contribution in [0.3, 0.4) is 0 Å². The average molecular weight is 364 g/mol. The maximum Gasteiger partial charge on any atom is 0.315 e. The number of carboxylic acid groups (broad SMARTS) is 1. The molecule has 0 aromatic heterocycles. The Bertz CT molecular complexity index is 654. The molecule has 7 nitrogen and oxygen atoms in total. The number of hydrogen-bond donors (Lipinski definition) is 3. The lowest BCUT2D eigenvalue weighted by Gasteiger charge is -2.27. The van der Waals surface area contributed by atoms with Gasteiger partial charge in [-0.25, -0.2) is 4.79 Å². The van der Waals surface area contributed by atoms with Crippen LogP contribution in [0, 0.1) is 12.8 Å². The van der Waals surface area contributed by atoms with Crippen molar-refractivity contribution >= 4 is 12.0 Å². The van der Waals surface area contributed by atoms with E-state index in [0.717, 1.165) is 11.1 Å². The van der Waals surface area contributed by atoms with Crippen molar-refractivity contribution in [3.8, 4) is 11.5 Å². The van der Waals surface area contributed by atoms with Crippen molar-refractivity contribution in [2.45, 2.75) is 51.6 Å². The first-order valence-corrected chi connectivity index (χ1v) is 8.88. The summed E-state index contributed by atoms with van der Waals surface area (Å²) in [6.07, 6.45) is 2.58. The number of nitrogens with one attached hydrogen (secondary N) is 2. The molecule has 144 valence electrons. The summed E-state index contributed by atoms with van der Waals surface area (Å²) in [5, 5.41) is 14.9. The topological polar surface area (TPSA) is 96.9 Å². The highest BCUT2D eigenvalue weighted by atomic mass is 16.5. The Morgan fingerprint density at radius 1 is 1.12 bits per heavy atom. The van der Waals surface area contributed by atoms with Gasteiger partial charge in [0.15, 0.2) is 11.5 Å². The normalized spacial score (nSPS) is 20.8. The average Bonchev–Trinajstić information content (AvgIpc) is 2.61. The molecule has 0 radical (unpaired) electrons. The summed E-state index contributed by atoms with van der Waals surface area (Å²) in [5.41, 5.74) is 1.95. The predicted molar refractivity (Wildman–Crippen MR) is 97.7 cm³/mol. The number of benzene rings is 1. The predicted octanol–water partition coefficient (Wildman–Crippen LogP) is 3.02. The van der Waals surface area contributed by atoms with E-state index in [2.05, 4.69) is 10.6 Å². The Morgan fingerprint density at radius 3 is 2.23 bits per heavy atom. The second-order valence-corrected chi connectivity index (χ2v) is 6.79. The van der Waals surface area contributed by atoms with Gasteiger partial charge in [0.1, 0.15) is 0 Å². The highest BCUT2D eigenvalue weighted by Gasteiger charge is 2.27. The van der Waals surface area contributed by atoms with E-state index < -0.39 is 5.97 Å². The highest BCUT2D eigenvalue weighted by molar-refractivity contribution is 5.75. The van der Waals surface area contributed by atoms with Crippen LogP contribution in [0.4, 0.5) is 4.79 Å². The van der Waals surface area contributed by atoms with Gasteiger partial charge in [-0.1, -0.05) is 0 Å². The van der Waals surface area contributed by atoms with E-state index in [9.17, 15) is 9.59 Å². The third kappa shape index (κ3) is 4.80. The van der Waals surface area contributed by atoms with E-state index in [-0.39, 0.29) is 24.0 Å². The molecular weight excluding hydrogens is 336 g/mol. The van der Waals surface area contributed by atoms with Crippen LogP contribution in [0.25, 0.3) is 0 Å². The number of methoxy groups -OCH3 is 2. The van der Waals surface area contributed by atoms with Gasteiger partial charge in [-0.15, -0.1) is 0 Å². The Kier molecular flexibility index (Phi) is 6.71. The molecule has 1 fully saturated rings. The first-order valence-electron chi connectivity index (χ1n) is 8.88. The van der Waals surface area contributed by atoms with E-state index in [1.807, 2.05) is 26.0 Å². The summed E-state index contributed by atoms with van der Waals surface area (Å²) in [4.78, 5) is 23.3. The number of carboxylic acids is 1. The third-order valence-corrected chi connectivity index (χ3v) is 5.00. The molecule has 1 aromatic carbocycles. The number of urea groups is 1. The standard InChI is InChI=1S/C19H28N2O5/c1-11-9-16(25-3)17(26-4)10-15(11)12(2)20-19(24)21-14-7-5-13(6-8-14)18(22)23/h9-10,12-14H,5-8H2,1-4H3,(H,22,23)(H2,20,21,24). The number of amides is 2. The molecule has 0 heterocycles. The Hall–Kier alpha value is -2.44. The van der Waals surface area contributed by atoms with E-state index in [0.29, 0.717) is 37.2 Å². The zero-order chi connectivity index (χ0) is 19.3. The SMILES string of the molecule is COc1cc(C)c(C(C)NC(=O)NC2CCC(C(=O)O)CC2)cc1OC. The number of carbonyl (C=O) groups is 2. The summed E-state index contributed by atoms with van der Waals surface area (Å²) in [5.74, 6) is 0.240. The van der Waals surface area contributed by atoms with Gasteiger partial charge in [0.25, 0.3) is 0 Å². The minimum absolute atomic E-state index is 0.0179. The monoisotopic (exact) mass is 364 g/mol. The fraction of sp³-hybridized carbons (Fsp3) is 0.579. The first-order chi connectivity index (χ1) is 12.3. The molecule has 0 saturated heterocycles. The van der Waals surface area contributed by atoms with E-state index in [1.54, 1.807) is 14.2 Å². The van der Waals surface area contributed by atoms with Crippen molar-refractivity contribution in [2.75, 3.05) is 14.2 Å². The van der Waals surface area contributed by atoms with Crippen LogP contribution < -0.4 is 20.1 Å². The van der Waals surface area contributed by atoms with Gasteiger partial charge in [-0.2, -0.15) is 0 Å². The van der Waals surface area contributed by atoms with Crippen molar-refractivity contribution < 1.29 is 24.2 Å². The highest BCUT2D eigenvalue weighted by Crippen LogP contribution is 2.33. The van der Waals surface area contributed by atoms with Crippen molar-refractivity contribution in [3.63, 3.8) is 0 Å². The van der Waals surface area contributed by atoms with Crippen molar-refractivity contribution in [3.05, 3.63) is 23.3 Å². The largest absolute Gasteiger partial charge is 0.493 e. The smallest absolute Gasteiger partial charge is 0.315 e. The quantitative estimate of drug-likeness (QED) is 0.721. The summed E-state index contributed by atoms with van der Waals surface area (Å²) in [7, 11) is 3.17. The van der Waals surface area contributed by atoms with Gasteiger partial charge in [0.2, 0.25) is 0 Å². The van der Waals surface area contributed by atoms with Crippen molar-refractivity contribution in [2.24, 2.45) is 5.92 Å². The lowest BCUT2D eigenvalue weighted by molar-refractivity contribution is -0.142. The van der Waals surface area contributed by atoms with Crippen LogP contribution in [-0.4, -0.2) is 37.4 Å². The second kappa shape index (κ2) is 8.78. The van der Waals surface area contributed by atoms with Gasteiger partial charge >= 0.3 is 12.0 Å². The molecule has 2 amide bonds. The minimum atomic E-state index is -0.745. The Labute approximate surface area is 154 Å². The zero-order valence-electron chi connectivity index (χ0n) is 15.8. The van der Waals surface area contributed by atoms with Gasteiger partial charge in [0.05, 0.1) is 26.2 Å². The molecule has 3 N–H and O–H groups in total. The number of hydrogen-bond acceptors (Lipinski definition) is 4. The molecule has 1 unspecified atom stereocenters. The van der Waals surface area contributed by atoms with Gasteiger partial charge in [-0.05, 0) is 62.8 Å². The number of aliphatic carboxylic acids is 1. The van der Waals surface area contributed by atoms with Gasteiger partial charge in [-0.3, -0.25) is 4.79 Å². The summed E-state index contributed by atoms with van der Waals surface area (Å²) in [6, 6.07) is 3.33.